The van der Waals surface area contributed by atoms with E-state index in [1.165, 1.54) is 0 Å². The summed E-state index contributed by atoms with van der Waals surface area (Å²) in [6.45, 7) is 7.84. The van der Waals surface area contributed by atoms with Gasteiger partial charge in [-0.15, -0.1) is 0 Å². The number of nitrogens with zero attached hydrogens (tertiary/aromatic N) is 1. The van der Waals surface area contributed by atoms with Gasteiger partial charge in [-0.05, 0) is 40.0 Å². The second-order valence-corrected chi connectivity index (χ2v) is 6.53. The normalized spacial score (nSPS) is 27.6. The van der Waals surface area contributed by atoms with Crippen LogP contribution in [-0.2, 0) is 9.59 Å². The fourth-order valence-electron chi connectivity index (χ4n) is 2.99. The lowest BCUT2D eigenvalue weighted by atomic mass is 9.77. The van der Waals surface area contributed by atoms with E-state index in [1.807, 2.05) is 27.7 Å². The Morgan fingerprint density at radius 1 is 1.42 bits per heavy atom. The van der Waals surface area contributed by atoms with Crippen molar-refractivity contribution in [1.82, 2.24) is 10.2 Å². The van der Waals surface area contributed by atoms with E-state index in [9.17, 15) is 9.59 Å². The highest BCUT2D eigenvalue weighted by molar-refractivity contribution is 5.93. The summed E-state index contributed by atoms with van der Waals surface area (Å²) in [5, 5.41) is 2.98. The minimum atomic E-state index is -0.320. The lowest BCUT2D eigenvalue weighted by molar-refractivity contribution is -0.165. The molecule has 2 aliphatic rings. The lowest BCUT2D eigenvalue weighted by Gasteiger charge is -2.51. The average Bonchev–Trinajstić information content (AvgIpc) is 2.32. The molecule has 0 saturated carbocycles. The van der Waals surface area contributed by atoms with Gasteiger partial charge in [-0.1, -0.05) is 19.1 Å². The van der Waals surface area contributed by atoms with Crippen molar-refractivity contribution in [3.63, 3.8) is 0 Å². The summed E-state index contributed by atoms with van der Waals surface area (Å²) >= 11 is 0. The molecular weight excluding hydrogens is 240 g/mol. The van der Waals surface area contributed by atoms with Gasteiger partial charge in [0.05, 0.1) is 5.92 Å². The standard InChI is InChI=1S/C15H24N2O2/c1-5-11(13(18)16-15(2,3)4)17-12-9-7-6-8-10(12)14(17)19/h6-7,10-12H,5,8-9H2,1-4H3,(H,16,18)/t10-,11?,12+/m1/s1. The molecule has 19 heavy (non-hydrogen) atoms. The van der Waals surface area contributed by atoms with Crippen molar-refractivity contribution in [2.45, 2.75) is 64.6 Å². The van der Waals surface area contributed by atoms with Crippen LogP contribution in [0.4, 0.5) is 0 Å². The van der Waals surface area contributed by atoms with Crippen LogP contribution in [0.15, 0.2) is 12.2 Å². The van der Waals surface area contributed by atoms with Crippen molar-refractivity contribution in [1.29, 1.82) is 0 Å². The quantitative estimate of drug-likeness (QED) is 0.625. The zero-order valence-electron chi connectivity index (χ0n) is 12.3. The van der Waals surface area contributed by atoms with Crippen molar-refractivity contribution in [2.24, 2.45) is 5.92 Å². The predicted octanol–water partition coefficient (Wildman–Crippen LogP) is 1.86. The number of nitrogens with one attached hydrogen (secondary N) is 1. The first-order valence-corrected chi connectivity index (χ1v) is 7.14. The topological polar surface area (TPSA) is 49.4 Å². The molecule has 1 unspecified atom stereocenters. The largest absolute Gasteiger partial charge is 0.350 e. The number of β-lactam (4-membered cyclic amide) rings is 1. The second kappa shape index (κ2) is 4.99. The smallest absolute Gasteiger partial charge is 0.243 e. The minimum Gasteiger partial charge on any atom is -0.350 e. The van der Waals surface area contributed by atoms with Crippen molar-refractivity contribution in [3.8, 4) is 0 Å². The van der Waals surface area contributed by atoms with Crippen LogP contribution in [0.3, 0.4) is 0 Å². The third kappa shape index (κ3) is 2.67. The number of allylic oxidation sites excluding steroid dienone is 1. The number of rotatable bonds is 3. The molecule has 2 rings (SSSR count). The average molecular weight is 264 g/mol. The Balaban J connectivity index is 2.08. The third-order valence-electron chi connectivity index (χ3n) is 3.85. The Hall–Kier alpha value is -1.32. The van der Waals surface area contributed by atoms with Crippen LogP contribution in [0.2, 0.25) is 0 Å². The maximum Gasteiger partial charge on any atom is 0.243 e. The van der Waals surface area contributed by atoms with Gasteiger partial charge in [0.1, 0.15) is 6.04 Å². The maximum atomic E-state index is 12.3. The number of carbonyl (C=O) groups is 2. The molecule has 0 aromatic heterocycles. The van der Waals surface area contributed by atoms with Crippen LogP contribution in [-0.4, -0.2) is 34.3 Å². The Morgan fingerprint density at radius 3 is 2.63 bits per heavy atom. The van der Waals surface area contributed by atoms with Gasteiger partial charge < -0.3 is 10.2 Å². The summed E-state index contributed by atoms with van der Waals surface area (Å²) in [6.07, 6.45) is 6.58. The molecule has 106 valence electrons. The van der Waals surface area contributed by atoms with Gasteiger partial charge >= 0.3 is 0 Å². The fourth-order valence-corrected chi connectivity index (χ4v) is 2.99. The monoisotopic (exact) mass is 264 g/mol. The van der Waals surface area contributed by atoms with Gasteiger partial charge in [0.15, 0.2) is 0 Å². The van der Waals surface area contributed by atoms with E-state index in [0.717, 1.165) is 12.8 Å². The number of likely N-dealkylation sites (tertiary alicyclic amines) is 1. The first-order valence-electron chi connectivity index (χ1n) is 7.14. The molecule has 1 saturated heterocycles. The van der Waals surface area contributed by atoms with Gasteiger partial charge in [-0.2, -0.15) is 0 Å². The molecule has 1 N–H and O–H groups in total. The molecule has 4 nitrogen and oxygen atoms in total. The van der Waals surface area contributed by atoms with Crippen LogP contribution >= 0.6 is 0 Å². The molecule has 0 radical (unpaired) electrons. The van der Waals surface area contributed by atoms with E-state index in [1.54, 1.807) is 4.90 Å². The first kappa shape index (κ1) is 14.1. The zero-order valence-corrected chi connectivity index (χ0v) is 12.3. The molecular formula is C15H24N2O2. The zero-order chi connectivity index (χ0) is 14.2. The van der Waals surface area contributed by atoms with Gasteiger partial charge in [-0.3, -0.25) is 9.59 Å². The van der Waals surface area contributed by atoms with Crippen LogP contribution in [0.5, 0.6) is 0 Å². The first-order chi connectivity index (χ1) is 8.85. The third-order valence-corrected chi connectivity index (χ3v) is 3.85. The highest BCUT2D eigenvalue weighted by atomic mass is 16.2. The molecule has 4 heteroatoms. The Morgan fingerprint density at radius 2 is 2.05 bits per heavy atom. The van der Waals surface area contributed by atoms with E-state index in [2.05, 4.69) is 17.5 Å². The highest BCUT2D eigenvalue weighted by Gasteiger charge is 2.51. The molecule has 0 spiro atoms. The summed E-state index contributed by atoms with van der Waals surface area (Å²) < 4.78 is 0. The van der Waals surface area contributed by atoms with Crippen LogP contribution < -0.4 is 5.32 Å². The number of amides is 2. The van der Waals surface area contributed by atoms with E-state index in [0.29, 0.717) is 6.42 Å². The minimum absolute atomic E-state index is 0.0312. The number of hydrogen-bond acceptors (Lipinski definition) is 2. The van der Waals surface area contributed by atoms with Gasteiger partial charge in [0.2, 0.25) is 11.8 Å². The summed E-state index contributed by atoms with van der Waals surface area (Å²) in [5.74, 6) is 0.225. The molecule has 0 aromatic rings. The van der Waals surface area contributed by atoms with E-state index in [4.69, 9.17) is 0 Å². The summed E-state index contributed by atoms with van der Waals surface area (Å²) in [5.41, 5.74) is -0.260. The fraction of sp³-hybridized carbons (Fsp3) is 0.733. The van der Waals surface area contributed by atoms with Gasteiger partial charge in [0, 0.05) is 11.6 Å². The Labute approximate surface area is 115 Å². The molecule has 1 aliphatic carbocycles. The molecule has 3 atom stereocenters. The van der Waals surface area contributed by atoms with E-state index >= 15 is 0 Å². The summed E-state index contributed by atoms with van der Waals surface area (Å²) in [4.78, 5) is 26.3. The SMILES string of the molecule is CCC(C(=O)NC(C)(C)C)N1C(=O)[C@@H]2CC=CC[C@@H]21. The van der Waals surface area contributed by atoms with Gasteiger partial charge in [0.25, 0.3) is 0 Å². The Bertz CT molecular complexity index is 409. The van der Waals surface area contributed by atoms with Crippen molar-refractivity contribution >= 4 is 11.8 Å². The molecule has 1 aliphatic heterocycles. The van der Waals surface area contributed by atoms with Crippen molar-refractivity contribution < 1.29 is 9.59 Å². The number of fused-ring (bicyclic) bond motifs is 1. The molecule has 2 amide bonds. The number of carbonyl (C=O) groups excluding carboxylic acids is 2. The van der Waals surface area contributed by atoms with E-state index in [-0.39, 0.29) is 35.4 Å². The molecule has 0 bridgehead atoms. The predicted molar refractivity (Wildman–Crippen MR) is 74.5 cm³/mol. The van der Waals surface area contributed by atoms with Crippen LogP contribution in [0, 0.1) is 5.92 Å². The highest BCUT2D eigenvalue weighted by Crippen LogP contribution is 2.37. The summed E-state index contributed by atoms with van der Waals surface area (Å²) in [7, 11) is 0. The van der Waals surface area contributed by atoms with Crippen LogP contribution in [0.25, 0.3) is 0 Å². The van der Waals surface area contributed by atoms with Crippen molar-refractivity contribution in [2.75, 3.05) is 0 Å². The van der Waals surface area contributed by atoms with E-state index < -0.39 is 0 Å². The van der Waals surface area contributed by atoms with Crippen molar-refractivity contribution in [3.05, 3.63) is 12.2 Å². The summed E-state index contributed by atoms with van der Waals surface area (Å²) in [6, 6.07) is -0.0901. The number of hydrogen-bond donors (Lipinski definition) is 1. The second-order valence-electron chi connectivity index (χ2n) is 6.53. The van der Waals surface area contributed by atoms with Crippen LogP contribution in [0.1, 0.15) is 47.0 Å². The Kier molecular flexibility index (Phi) is 3.70. The van der Waals surface area contributed by atoms with Gasteiger partial charge in [-0.25, -0.2) is 0 Å². The lowest BCUT2D eigenvalue weighted by Crippen LogP contribution is -2.68. The molecule has 0 aromatic carbocycles. The maximum absolute atomic E-state index is 12.3. The molecule has 1 heterocycles. The molecule has 1 fully saturated rings.